The van der Waals surface area contributed by atoms with Gasteiger partial charge in [-0.3, -0.25) is 0 Å². The molecule has 1 aromatic rings. The first kappa shape index (κ1) is 12.2. The largest absolute Gasteiger partial charge is 0.207 e. The van der Waals surface area contributed by atoms with E-state index in [4.69, 9.17) is 0 Å². The molecule has 15 heavy (non-hydrogen) atoms. The zero-order valence-corrected chi connectivity index (χ0v) is 10.0. The Morgan fingerprint density at radius 2 is 1.93 bits per heavy atom. The van der Waals surface area contributed by atoms with Crippen LogP contribution in [0.2, 0.25) is 0 Å². The highest BCUT2D eigenvalue weighted by Crippen LogP contribution is 2.33. The molecule has 1 aliphatic carbocycles. The molecule has 0 bridgehead atoms. The normalized spacial score (nSPS) is 14.4. The van der Waals surface area contributed by atoms with Crippen molar-refractivity contribution in [3.63, 3.8) is 0 Å². The molecule has 0 saturated heterocycles. The fourth-order valence-corrected chi connectivity index (χ4v) is 1.66. The number of halogens is 1. The summed E-state index contributed by atoms with van der Waals surface area (Å²) in [7, 11) is 0. The Kier molecular flexibility index (Phi) is 4.80. The second-order valence-corrected chi connectivity index (χ2v) is 4.08. The predicted octanol–water partition coefficient (Wildman–Crippen LogP) is 4.50. The minimum Gasteiger partial charge on any atom is -0.207 e. The first-order valence-corrected chi connectivity index (χ1v) is 6.01. The van der Waals surface area contributed by atoms with E-state index in [1.807, 2.05) is 32.9 Å². The van der Waals surface area contributed by atoms with Crippen molar-refractivity contribution in [1.82, 2.24) is 0 Å². The minimum atomic E-state index is -0.0359. The van der Waals surface area contributed by atoms with E-state index < -0.39 is 0 Å². The summed E-state index contributed by atoms with van der Waals surface area (Å²) >= 11 is 0. The van der Waals surface area contributed by atoms with E-state index in [0.29, 0.717) is 0 Å². The molecule has 0 N–H and O–H groups in total. The average molecular weight is 208 g/mol. The summed E-state index contributed by atoms with van der Waals surface area (Å²) in [5, 5.41) is 0. The number of aryl methyl sites for hydroxylation is 2. The molecule has 1 aromatic carbocycles. The molecule has 1 fully saturated rings. The molecule has 0 aliphatic heterocycles. The van der Waals surface area contributed by atoms with Gasteiger partial charge in [0.25, 0.3) is 0 Å². The molecule has 1 saturated carbocycles. The smallest absolute Gasteiger partial charge is 0.126 e. The second-order valence-electron chi connectivity index (χ2n) is 4.08. The number of benzene rings is 1. The lowest BCUT2D eigenvalue weighted by atomic mass is 10.0. The van der Waals surface area contributed by atoms with Crippen molar-refractivity contribution in [1.29, 1.82) is 0 Å². The summed E-state index contributed by atoms with van der Waals surface area (Å²) < 4.78 is 13.2. The Hall–Kier alpha value is -0.850. The van der Waals surface area contributed by atoms with Gasteiger partial charge >= 0.3 is 0 Å². The molecule has 84 valence electrons. The van der Waals surface area contributed by atoms with Crippen molar-refractivity contribution < 1.29 is 4.39 Å². The lowest BCUT2D eigenvalue weighted by molar-refractivity contribution is 0.597. The van der Waals surface area contributed by atoms with Gasteiger partial charge in [0.1, 0.15) is 5.82 Å². The van der Waals surface area contributed by atoms with Crippen molar-refractivity contribution in [2.75, 3.05) is 0 Å². The number of rotatable bonds is 3. The number of hydrogen-bond acceptors (Lipinski definition) is 0. The van der Waals surface area contributed by atoms with Crippen LogP contribution in [-0.2, 0) is 6.42 Å². The van der Waals surface area contributed by atoms with Crippen LogP contribution >= 0.6 is 0 Å². The Balaban J connectivity index is 0.000000531. The van der Waals surface area contributed by atoms with Gasteiger partial charge in [-0.05, 0) is 37.3 Å². The van der Waals surface area contributed by atoms with Crippen molar-refractivity contribution in [2.45, 2.75) is 46.5 Å². The molecule has 0 nitrogen and oxygen atoms in total. The SMILES string of the molecule is CC.Cc1ccc(F)c(CCC2CC2)c1. The maximum absolute atomic E-state index is 13.2. The van der Waals surface area contributed by atoms with Crippen LogP contribution in [0.3, 0.4) is 0 Å². The summed E-state index contributed by atoms with van der Waals surface area (Å²) in [5.41, 5.74) is 2.05. The van der Waals surface area contributed by atoms with Crippen LogP contribution in [-0.4, -0.2) is 0 Å². The van der Waals surface area contributed by atoms with E-state index in [1.54, 1.807) is 6.07 Å². The minimum absolute atomic E-state index is 0.0359. The fraction of sp³-hybridized carbons (Fsp3) is 0.571. The van der Waals surface area contributed by atoms with Gasteiger partial charge < -0.3 is 0 Å². The topological polar surface area (TPSA) is 0 Å². The highest BCUT2D eigenvalue weighted by atomic mass is 19.1. The van der Waals surface area contributed by atoms with Gasteiger partial charge in [0.05, 0.1) is 0 Å². The third-order valence-electron chi connectivity index (χ3n) is 2.72. The van der Waals surface area contributed by atoms with Gasteiger partial charge in [-0.2, -0.15) is 0 Å². The van der Waals surface area contributed by atoms with Crippen LogP contribution in [0.25, 0.3) is 0 Å². The summed E-state index contributed by atoms with van der Waals surface area (Å²) in [6.45, 7) is 6.01. The Morgan fingerprint density at radius 3 is 2.53 bits per heavy atom. The van der Waals surface area contributed by atoms with Crippen molar-refractivity contribution in [2.24, 2.45) is 5.92 Å². The second kappa shape index (κ2) is 5.89. The van der Waals surface area contributed by atoms with Crippen LogP contribution in [0.1, 0.15) is 44.2 Å². The summed E-state index contributed by atoms with van der Waals surface area (Å²) in [6, 6.07) is 5.38. The molecular weight excluding hydrogens is 187 g/mol. The predicted molar refractivity (Wildman–Crippen MR) is 63.5 cm³/mol. The maximum Gasteiger partial charge on any atom is 0.126 e. The van der Waals surface area contributed by atoms with Gasteiger partial charge in [0.15, 0.2) is 0 Å². The van der Waals surface area contributed by atoms with Crippen LogP contribution in [0.5, 0.6) is 0 Å². The third-order valence-corrected chi connectivity index (χ3v) is 2.72. The van der Waals surface area contributed by atoms with Crippen LogP contribution < -0.4 is 0 Å². The highest BCUT2D eigenvalue weighted by molar-refractivity contribution is 5.24. The van der Waals surface area contributed by atoms with E-state index in [1.165, 1.54) is 19.3 Å². The monoisotopic (exact) mass is 208 g/mol. The van der Waals surface area contributed by atoms with E-state index in [0.717, 1.165) is 23.5 Å². The summed E-state index contributed by atoms with van der Waals surface area (Å²) in [4.78, 5) is 0. The zero-order chi connectivity index (χ0) is 11.3. The van der Waals surface area contributed by atoms with E-state index in [2.05, 4.69) is 0 Å². The maximum atomic E-state index is 13.2. The molecule has 0 heterocycles. The first-order valence-electron chi connectivity index (χ1n) is 6.01. The van der Waals surface area contributed by atoms with E-state index in [-0.39, 0.29) is 5.82 Å². The van der Waals surface area contributed by atoms with E-state index in [9.17, 15) is 4.39 Å². The Bertz CT molecular complexity index is 300. The third kappa shape index (κ3) is 4.03. The van der Waals surface area contributed by atoms with E-state index >= 15 is 0 Å². The molecule has 0 unspecified atom stereocenters. The lowest BCUT2D eigenvalue weighted by Gasteiger charge is -2.03. The standard InChI is InChI=1S/C12H15F.C2H6/c1-9-2-7-12(13)11(8-9)6-5-10-3-4-10;1-2/h2,7-8,10H,3-6H2,1H3;1-2H3. The molecule has 1 heteroatoms. The van der Waals surface area contributed by atoms with Gasteiger partial charge in [0, 0.05) is 0 Å². The van der Waals surface area contributed by atoms with Crippen LogP contribution in [0.15, 0.2) is 18.2 Å². The molecule has 1 aliphatic rings. The molecule has 0 spiro atoms. The van der Waals surface area contributed by atoms with Crippen LogP contribution in [0.4, 0.5) is 4.39 Å². The van der Waals surface area contributed by atoms with Gasteiger partial charge in [-0.15, -0.1) is 0 Å². The quantitative estimate of drug-likeness (QED) is 0.686. The Labute approximate surface area is 92.5 Å². The van der Waals surface area contributed by atoms with Gasteiger partial charge in [-0.25, -0.2) is 4.39 Å². The molecule has 0 radical (unpaired) electrons. The fourth-order valence-electron chi connectivity index (χ4n) is 1.66. The summed E-state index contributed by atoms with van der Waals surface area (Å²) in [6.07, 6.45) is 4.79. The summed E-state index contributed by atoms with van der Waals surface area (Å²) in [5.74, 6) is 0.853. The van der Waals surface area contributed by atoms with Crippen molar-refractivity contribution in [3.8, 4) is 0 Å². The molecule has 0 amide bonds. The zero-order valence-electron chi connectivity index (χ0n) is 10.0. The van der Waals surface area contributed by atoms with Crippen molar-refractivity contribution in [3.05, 3.63) is 35.1 Å². The first-order chi connectivity index (χ1) is 7.25. The number of hydrogen-bond donors (Lipinski definition) is 0. The van der Waals surface area contributed by atoms with Crippen LogP contribution in [0, 0.1) is 18.7 Å². The van der Waals surface area contributed by atoms with Gasteiger partial charge in [0.2, 0.25) is 0 Å². The molecular formula is C14H21F. The average Bonchev–Trinajstić information content (AvgIpc) is 3.06. The molecule has 2 rings (SSSR count). The molecule has 0 atom stereocenters. The molecule has 0 aromatic heterocycles. The highest BCUT2D eigenvalue weighted by Gasteiger charge is 2.20. The Morgan fingerprint density at radius 1 is 1.27 bits per heavy atom. The van der Waals surface area contributed by atoms with Gasteiger partial charge in [-0.1, -0.05) is 44.4 Å². The van der Waals surface area contributed by atoms with Crippen molar-refractivity contribution >= 4 is 0 Å². The lowest BCUT2D eigenvalue weighted by Crippen LogP contribution is -1.92.